The van der Waals surface area contributed by atoms with Crippen molar-refractivity contribution in [2.24, 2.45) is 28.9 Å². The van der Waals surface area contributed by atoms with Crippen molar-refractivity contribution in [3.05, 3.63) is 62.1 Å². The van der Waals surface area contributed by atoms with Crippen molar-refractivity contribution in [2.45, 2.75) is 115 Å². The lowest BCUT2D eigenvalue weighted by atomic mass is 9.96. The molecule has 82 heavy (non-hydrogen) atoms. The first-order valence-electron chi connectivity index (χ1n) is 26.7. The molecule has 0 aliphatic rings. The lowest BCUT2D eigenvalue weighted by Gasteiger charge is -2.29. The van der Waals surface area contributed by atoms with Crippen LogP contribution < -0.4 is 71.2 Å². The van der Waals surface area contributed by atoms with Crippen molar-refractivity contribution >= 4 is 81.2 Å². The molecule has 0 aliphatic heterocycles. The Balaban J connectivity index is 1.10. The average Bonchev–Trinajstić information content (AvgIpc) is 4.33. The Kier molecular flexibility index (Phi) is 26.6. The predicted molar refractivity (Wildman–Crippen MR) is 309 cm³/mol. The number of hydrogen-bond donors (Lipinski definition) is 16. The number of rotatable bonds is 37. The van der Waals surface area contributed by atoms with Gasteiger partial charge in [-0.3, -0.25) is 33.6 Å². The highest BCUT2D eigenvalue weighted by Crippen LogP contribution is 2.31. The number of nitrogens with zero attached hydrogens (tertiary/aromatic N) is 6. The number of carbonyl (C=O) groups is 7. The summed E-state index contributed by atoms with van der Waals surface area (Å²) < 4.78 is 0. The monoisotopic (exact) mass is 1200 g/mol. The number of nitrogens with one attached hydrogen (secondary N) is 9. The van der Waals surface area contributed by atoms with Gasteiger partial charge in [-0.25, -0.2) is 29.9 Å². The van der Waals surface area contributed by atoms with E-state index in [0.717, 1.165) is 51.9 Å². The van der Waals surface area contributed by atoms with Crippen molar-refractivity contribution in [3.8, 4) is 21.4 Å². The second-order valence-electron chi connectivity index (χ2n) is 19.4. The van der Waals surface area contributed by atoms with Gasteiger partial charge < -0.3 is 86.4 Å². The Bertz CT molecular complexity index is 2880. The number of primary amides is 2. The molecule has 0 fully saturated rings. The van der Waals surface area contributed by atoms with Gasteiger partial charge in [0, 0.05) is 72.5 Å². The van der Waals surface area contributed by atoms with Crippen LogP contribution in [-0.2, 0) is 36.8 Å². The third-order valence-corrected chi connectivity index (χ3v) is 15.4. The molecule has 5 heterocycles. The maximum absolute atomic E-state index is 13.9. The number of imidazole rings is 1. The molecule has 29 nitrogen and oxygen atoms in total. The van der Waals surface area contributed by atoms with Crippen LogP contribution in [0.1, 0.15) is 102 Å². The van der Waals surface area contributed by atoms with Gasteiger partial charge in [0.2, 0.25) is 29.5 Å². The molecule has 0 bridgehead atoms. The number of aromatic nitrogens is 7. The molecule has 0 saturated heterocycles. The summed E-state index contributed by atoms with van der Waals surface area (Å²) in [5.41, 5.74) is 30.0. The number of amides is 7. The van der Waals surface area contributed by atoms with Crippen molar-refractivity contribution in [2.75, 3.05) is 58.1 Å². The Morgan fingerprint density at radius 3 is 2.07 bits per heavy atom. The second kappa shape index (κ2) is 33.2. The van der Waals surface area contributed by atoms with Crippen LogP contribution in [-0.4, -0.2) is 175 Å². The number of H-pyrrole nitrogens is 1. The van der Waals surface area contributed by atoms with Gasteiger partial charge in [-0.05, 0) is 79.2 Å². The Labute approximate surface area is 485 Å². The molecule has 21 N–H and O–H groups in total. The molecule has 5 rings (SSSR count). The third-order valence-electron chi connectivity index (χ3n) is 12.8. The van der Waals surface area contributed by atoms with Crippen LogP contribution in [0, 0.1) is 12.8 Å². The van der Waals surface area contributed by atoms with Crippen LogP contribution in [0.4, 0.5) is 5.82 Å². The fraction of sp³-hybridized carbons (Fsp3) is 0.540. The van der Waals surface area contributed by atoms with E-state index in [9.17, 15) is 43.8 Å². The fourth-order valence-electron chi connectivity index (χ4n) is 7.89. The van der Waals surface area contributed by atoms with Gasteiger partial charge in [-0.2, -0.15) is 0 Å². The number of nitrogen functional groups attached to an aromatic ring is 1. The molecule has 0 spiro atoms. The second-order valence-corrected chi connectivity index (χ2v) is 22.1. The van der Waals surface area contributed by atoms with Crippen LogP contribution in [0.25, 0.3) is 21.4 Å². The molecule has 448 valence electrons. The van der Waals surface area contributed by atoms with Gasteiger partial charge in [0.05, 0.1) is 47.6 Å². The van der Waals surface area contributed by atoms with Crippen LogP contribution in [0.2, 0.25) is 0 Å². The summed E-state index contributed by atoms with van der Waals surface area (Å²) in [6, 6.07) is -6.08. The zero-order chi connectivity index (χ0) is 59.9. The van der Waals surface area contributed by atoms with Gasteiger partial charge in [0.1, 0.15) is 56.5 Å². The maximum atomic E-state index is 13.9. The number of carbonyl (C=O) groups excluding carboxylic acids is 7. The van der Waals surface area contributed by atoms with E-state index in [-0.39, 0.29) is 54.7 Å². The highest BCUT2D eigenvalue weighted by molar-refractivity contribution is 7.16. The number of nitrogens with two attached hydrogens (primary N) is 5. The van der Waals surface area contributed by atoms with E-state index in [0.29, 0.717) is 57.3 Å². The van der Waals surface area contributed by atoms with Gasteiger partial charge >= 0.3 is 0 Å². The number of aromatic amines is 1. The summed E-state index contributed by atoms with van der Waals surface area (Å²) in [5.74, 6) is -6.54. The quantitative estimate of drug-likeness (QED) is 0.0184. The normalized spacial score (nSPS) is 14.3. The number of aliphatic hydroxyl groups excluding tert-OH is 2. The molecule has 5 aromatic rings. The molecule has 32 heteroatoms. The van der Waals surface area contributed by atoms with E-state index in [4.69, 9.17) is 33.7 Å². The van der Waals surface area contributed by atoms with Crippen LogP contribution in [0.3, 0.4) is 0 Å². The Hall–Kier alpha value is -7.01. The molecule has 8 atom stereocenters. The highest BCUT2D eigenvalue weighted by Gasteiger charge is 2.35. The van der Waals surface area contributed by atoms with Gasteiger partial charge in [0.15, 0.2) is 0 Å². The average molecular weight is 1200 g/mol. The molecule has 0 radical (unpaired) electrons. The minimum absolute atomic E-state index is 0.103. The van der Waals surface area contributed by atoms with Crippen LogP contribution in [0.15, 0.2) is 28.7 Å². The molecule has 0 aliphatic carbocycles. The fourth-order valence-corrected chi connectivity index (χ4v) is 10.3. The largest absolute Gasteiger partial charge is 0.391 e. The van der Waals surface area contributed by atoms with E-state index in [1.807, 2.05) is 10.8 Å². The van der Waals surface area contributed by atoms with Gasteiger partial charge in [-0.15, -0.1) is 34.0 Å². The summed E-state index contributed by atoms with van der Waals surface area (Å²) in [6.45, 7) is 10.4. The van der Waals surface area contributed by atoms with E-state index < -0.39 is 83.8 Å². The zero-order valence-electron chi connectivity index (χ0n) is 46.2. The Morgan fingerprint density at radius 1 is 0.732 bits per heavy atom. The smallest absolute Gasteiger partial charge is 0.271 e. The molecular formula is C50H76N20O9S3. The first kappa shape index (κ1) is 65.8. The molecule has 0 aromatic carbocycles. The lowest BCUT2D eigenvalue weighted by Crippen LogP contribution is -2.57. The van der Waals surface area contributed by atoms with Crippen molar-refractivity contribution in [1.29, 1.82) is 0 Å². The first-order valence-corrected chi connectivity index (χ1v) is 29.3. The van der Waals surface area contributed by atoms with Crippen molar-refractivity contribution < 1.29 is 43.8 Å². The number of thiazole rings is 3. The van der Waals surface area contributed by atoms with E-state index >= 15 is 0 Å². The van der Waals surface area contributed by atoms with Crippen LogP contribution in [0.5, 0.6) is 0 Å². The highest BCUT2D eigenvalue weighted by atomic mass is 32.1. The molecular weight excluding hydrogens is 1120 g/mol. The Morgan fingerprint density at radius 2 is 1.40 bits per heavy atom. The summed E-state index contributed by atoms with van der Waals surface area (Å²) >= 11 is 4.06. The minimum Gasteiger partial charge on any atom is -0.391 e. The molecule has 7 amide bonds. The number of anilines is 1. The summed E-state index contributed by atoms with van der Waals surface area (Å²) in [4.78, 5) is 120. The predicted octanol–water partition coefficient (Wildman–Crippen LogP) is -2.39. The van der Waals surface area contributed by atoms with Gasteiger partial charge in [-0.1, -0.05) is 6.92 Å². The van der Waals surface area contributed by atoms with Crippen molar-refractivity contribution in [3.63, 3.8) is 0 Å². The minimum atomic E-state index is -1.55. The number of unbranched alkanes of at least 4 members (excludes halogenated alkanes) is 1. The third kappa shape index (κ3) is 20.5. The SMILES string of the molecule is Cc1c(N)nc([C@H](CC(N)=O)NC[C@H](N)C(N)=O)nc1C(=O)N[C@@H](Cc1cnc[nH]1)C(=O)N[C@H](C)[C@@H](O)[C@H](C)C(=O)N[C@H](C(=O)NCCc1nc(-c2nc(-c3nc(C(=O)NCCCNCCCCNCCCN)cs3)cs2)cs1)[C@@H](C)O. The summed E-state index contributed by atoms with van der Waals surface area (Å²) in [7, 11) is 0. The zero-order valence-corrected chi connectivity index (χ0v) is 48.6. The lowest BCUT2D eigenvalue weighted by molar-refractivity contribution is -0.136. The molecule has 0 saturated carbocycles. The van der Waals surface area contributed by atoms with Gasteiger partial charge in [0.25, 0.3) is 11.8 Å². The number of hydrogen-bond acceptors (Lipinski definition) is 24. The standard InChI is InChI=1S/C50H76N20O9S3/c1-25-38(68-43(70-41(25)54)31(18-36(53)72)61-20-30(52)42(55)74)48(79)65-32(17-29-19-58-24-62-29)46(77)63-27(3)40(73)26(2)44(75)69-39(28(4)71)47(78)60-16-9-37-64-34(22-80-37)49-67-35(23-82-49)50-66-33(21-81-50)45(76)59-15-8-14-57-12-6-5-11-56-13-7-10-51/h19,21-24,26-28,30-32,39-40,56-57,61,71,73H,5-18,20,51-52H2,1-4H3,(H2,53,72)(H2,55,74)(H,58,62)(H,59,76)(H,60,78)(H,63,77)(H,65,79)(H,69,75)(H2,54,68,70)/t26-,27+,28+,30-,31-,32-,39-,40-/m0/s1. The number of aliphatic hydroxyl groups is 2. The summed E-state index contributed by atoms with van der Waals surface area (Å²) in [6.07, 6.45) is 3.64. The summed E-state index contributed by atoms with van der Waals surface area (Å²) in [5, 5.41) is 52.3. The molecule has 5 aromatic heterocycles. The topological polar surface area (TPSA) is 479 Å². The van der Waals surface area contributed by atoms with Crippen LogP contribution >= 0.6 is 34.0 Å². The molecule has 0 unspecified atom stereocenters. The maximum Gasteiger partial charge on any atom is 0.271 e. The van der Waals surface area contributed by atoms with E-state index in [1.165, 1.54) is 74.2 Å². The van der Waals surface area contributed by atoms with Crippen molar-refractivity contribution in [1.82, 2.24) is 77.4 Å². The first-order chi connectivity index (χ1) is 39.2. The van der Waals surface area contributed by atoms with E-state index in [1.54, 1.807) is 5.38 Å². The van der Waals surface area contributed by atoms with E-state index in [2.05, 4.69) is 72.4 Å².